The molecule has 1 amide bonds. The van der Waals surface area contributed by atoms with E-state index < -0.39 is 17.7 Å². The van der Waals surface area contributed by atoms with Gasteiger partial charge in [-0.15, -0.1) is 0 Å². The zero-order valence-electron chi connectivity index (χ0n) is 14.3. The van der Waals surface area contributed by atoms with Crippen LogP contribution < -0.4 is 5.32 Å². The van der Waals surface area contributed by atoms with Gasteiger partial charge in [-0.05, 0) is 48.5 Å². The van der Waals surface area contributed by atoms with E-state index in [4.69, 9.17) is 9.47 Å². The van der Waals surface area contributed by atoms with Crippen molar-refractivity contribution in [2.24, 2.45) is 0 Å². The van der Waals surface area contributed by atoms with Gasteiger partial charge in [0.2, 0.25) is 0 Å². The minimum Gasteiger partial charge on any atom is -0.461 e. The molecule has 22 heavy (non-hydrogen) atoms. The second-order valence-electron chi connectivity index (χ2n) is 6.19. The first kappa shape index (κ1) is 18.0. The maximum atomic E-state index is 12.2. The number of carbonyl (C=O) groups excluding carboxylic acids is 2. The van der Waals surface area contributed by atoms with Crippen LogP contribution in [0.2, 0.25) is 0 Å². The Labute approximate surface area is 131 Å². The molecule has 7 nitrogen and oxygen atoms in total. The minimum absolute atomic E-state index is 0.0488. The molecule has 0 aliphatic heterocycles. The number of carbonyl (C=O) groups is 2. The van der Waals surface area contributed by atoms with Crippen molar-refractivity contribution >= 4 is 17.7 Å². The van der Waals surface area contributed by atoms with Crippen molar-refractivity contribution in [1.82, 2.24) is 9.78 Å². The Kier molecular flexibility index (Phi) is 5.57. The van der Waals surface area contributed by atoms with Gasteiger partial charge in [0.1, 0.15) is 5.60 Å². The van der Waals surface area contributed by atoms with Gasteiger partial charge >= 0.3 is 12.1 Å². The molecule has 1 heterocycles. The molecular formula is C15H25N3O4. The number of hydrogen-bond acceptors (Lipinski definition) is 5. The van der Waals surface area contributed by atoms with Gasteiger partial charge in [0.05, 0.1) is 18.0 Å². The van der Waals surface area contributed by atoms with Gasteiger partial charge in [0.15, 0.2) is 5.69 Å². The lowest BCUT2D eigenvalue weighted by Crippen LogP contribution is -2.28. The summed E-state index contributed by atoms with van der Waals surface area (Å²) in [6.07, 6.45) is -0.635. The first-order valence-electron chi connectivity index (χ1n) is 7.33. The third-order valence-corrected chi connectivity index (χ3v) is 2.67. The average Bonchev–Trinajstić information content (AvgIpc) is 2.65. The van der Waals surface area contributed by atoms with Crippen molar-refractivity contribution in [3.63, 3.8) is 0 Å². The number of rotatable bonds is 4. The van der Waals surface area contributed by atoms with E-state index in [0.29, 0.717) is 11.4 Å². The molecule has 0 spiro atoms. The van der Waals surface area contributed by atoms with E-state index in [1.165, 1.54) is 0 Å². The smallest absolute Gasteiger partial charge is 0.412 e. The predicted octanol–water partition coefficient (Wildman–Crippen LogP) is 3.30. The fourth-order valence-corrected chi connectivity index (χ4v) is 1.87. The van der Waals surface area contributed by atoms with Crippen LogP contribution in [-0.4, -0.2) is 34.1 Å². The van der Waals surface area contributed by atoms with Crippen LogP contribution in [0.1, 0.15) is 63.8 Å². The van der Waals surface area contributed by atoms with Crippen molar-refractivity contribution in [3.8, 4) is 0 Å². The van der Waals surface area contributed by atoms with E-state index in [-0.39, 0.29) is 18.3 Å². The van der Waals surface area contributed by atoms with Crippen LogP contribution in [0.3, 0.4) is 0 Å². The SMILES string of the molecule is CCOC(=O)c1c(NC(=O)OC(C)(C)C)c(C)nn1C(C)C. The summed E-state index contributed by atoms with van der Waals surface area (Å²) in [7, 11) is 0. The first-order chi connectivity index (χ1) is 10.1. The first-order valence-corrected chi connectivity index (χ1v) is 7.33. The largest absolute Gasteiger partial charge is 0.461 e. The molecule has 1 rings (SSSR count). The summed E-state index contributed by atoms with van der Waals surface area (Å²) >= 11 is 0. The average molecular weight is 311 g/mol. The standard InChI is InChI=1S/C15H25N3O4/c1-8-21-13(19)12-11(10(4)17-18(12)9(2)3)16-14(20)22-15(5,6)7/h9H,8H2,1-7H3,(H,16,20). The van der Waals surface area contributed by atoms with E-state index in [9.17, 15) is 9.59 Å². The third-order valence-electron chi connectivity index (χ3n) is 2.67. The molecule has 124 valence electrons. The van der Waals surface area contributed by atoms with E-state index in [2.05, 4.69) is 10.4 Å². The summed E-state index contributed by atoms with van der Waals surface area (Å²) in [6.45, 7) is 12.8. The van der Waals surface area contributed by atoms with Crippen LogP contribution in [0.5, 0.6) is 0 Å². The van der Waals surface area contributed by atoms with Gasteiger partial charge in [-0.25, -0.2) is 9.59 Å². The Morgan fingerprint density at radius 3 is 2.36 bits per heavy atom. The predicted molar refractivity (Wildman–Crippen MR) is 83.2 cm³/mol. The molecule has 0 atom stereocenters. The highest BCUT2D eigenvalue weighted by atomic mass is 16.6. The highest BCUT2D eigenvalue weighted by molar-refractivity contribution is 5.99. The molecule has 0 fully saturated rings. The number of aromatic nitrogens is 2. The van der Waals surface area contributed by atoms with E-state index in [1.807, 2.05) is 13.8 Å². The van der Waals surface area contributed by atoms with Gasteiger partial charge in [0.25, 0.3) is 0 Å². The lowest BCUT2D eigenvalue weighted by Gasteiger charge is -2.20. The molecule has 0 aromatic carbocycles. The normalized spacial score (nSPS) is 11.5. The zero-order chi connectivity index (χ0) is 17.1. The van der Waals surface area contributed by atoms with Crippen LogP contribution in [0.4, 0.5) is 10.5 Å². The van der Waals surface area contributed by atoms with Gasteiger partial charge in [-0.1, -0.05) is 0 Å². The van der Waals surface area contributed by atoms with Crippen molar-refractivity contribution < 1.29 is 19.1 Å². The van der Waals surface area contributed by atoms with Crippen LogP contribution in [-0.2, 0) is 9.47 Å². The van der Waals surface area contributed by atoms with Crippen LogP contribution in [0.15, 0.2) is 0 Å². The monoisotopic (exact) mass is 311 g/mol. The molecule has 7 heteroatoms. The highest BCUT2D eigenvalue weighted by Gasteiger charge is 2.27. The second kappa shape index (κ2) is 6.81. The molecule has 1 aromatic heterocycles. The molecule has 0 bridgehead atoms. The van der Waals surface area contributed by atoms with Crippen LogP contribution in [0.25, 0.3) is 0 Å². The quantitative estimate of drug-likeness (QED) is 0.863. The molecule has 0 radical (unpaired) electrons. The minimum atomic E-state index is -0.635. The number of nitrogens with one attached hydrogen (secondary N) is 1. The van der Waals surface area contributed by atoms with Gasteiger partial charge in [0, 0.05) is 6.04 Å². The Morgan fingerprint density at radius 1 is 1.32 bits per heavy atom. The number of esters is 1. The summed E-state index contributed by atoms with van der Waals surface area (Å²) in [6, 6.07) is -0.0488. The second-order valence-corrected chi connectivity index (χ2v) is 6.19. The molecule has 1 N–H and O–H groups in total. The maximum absolute atomic E-state index is 12.2. The number of hydrogen-bond donors (Lipinski definition) is 1. The van der Waals surface area contributed by atoms with Gasteiger partial charge < -0.3 is 9.47 Å². The Hall–Kier alpha value is -2.05. The summed E-state index contributed by atoms with van der Waals surface area (Å²) in [5, 5.41) is 6.91. The number of aryl methyl sites for hydroxylation is 1. The van der Waals surface area contributed by atoms with Crippen LogP contribution >= 0.6 is 0 Å². The van der Waals surface area contributed by atoms with Crippen LogP contribution in [0, 0.1) is 6.92 Å². The van der Waals surface area contributed by atoms with Crippen molar-refractivity contribution in [3.05, 3.63) is 11.4 Å². The molecule has 0 aliphatic rings. The third kappa shape index (κ3) is 4.47. The van der Waals surface area contributed by atoms with E-state index in [0.717, 1.165) is 0 Å². The summed E-state index contributed by atoms with van der Waals surface area (Å²) < 4.78 is 11.8. The van der Waals surface area contributed by atoms with Crippen molar-refractivity contribution in [2.75, 3.05) is 11.9 Å². The maximum Gasteiger partial charge on any atom is 0.412 e. The number of ether oxygens (including phenoxy) is 2. The fraction of sp³-hybridized carbons (Fsp3) is 0.667. The fourth-order valence-electron chi connectivity index (χ4n) is 1.87. The van der Waals surface area contributed by atoms with Gasteiger partial charge in [-0.3, -0.25) is 10.00 Å². The zero-order valence-corrected chi connectivity index (χ0v) is 14.3. The highest BCUT2D eigenvalue weighted by Crippen LogP contribution is 2.25. The molecule has 0 unspecified atom stereocenters. The number of nitrogens with zero attached hydrogens (tertiary/aromatic N) is 2. The van der Waals surface area contributed by atoms with E-state index >= 15 is 0 Å². The number of amides is 1. The van der Waals surface area contributed by atoms with Crippen molar-refractivity contribution in [1.29, 1.82) is 0 Å². The topological polar surface area (TPSA) is 82.4 Å². The Morgan fingerprint density at radius 2 is 1.91 bits per heavy atom. The van der Waals surface area contributed by atoms with Crippen molar-refractivity contribution in [2.45, 2.75) is 60.1 Å². The lowest BCUT2D eigenvalue weighted by molar-refractivity contribution is 0.0511. The molecule has 0 aliphatic carbocycles. The Bertz CT molecular complexity index is 556. The molecule has 1 aromatic rings. The summed E-state index contributed by atoms with van der Waals surface area (Å²) in [4.78, 5) is 24.2. The van der Waals surface area contributed by atoms with Gasteiger partial charge in [-0.2, -0.15) is 5.10 Å². The molecule has 0 saturated carbocycles. The van der Waals surface area contributed by atoms with E-state index in [1.54, 1.807) is 39.3 Å². The number of anilines is 1. The lowest BCUT2D eigenvalue weighted by atomic mass is 10.2. The summed E-state index contributed by atoms with van der Waals surface area (Å²) in [5.41, 5.74) is 0.445. The Balaban J connectivity index is 3.17. The molecular weight excluding hydrogens is 286 g/mol. The molecule has 0 saturated heterocycles. The summed E-state index contributed by atoms with van der Waals surface area (Å²) in [5.74, 6) is -0.525.